The average molecular weight is 369 g/mol. The maximum absolute atomic E-state index is 13.7. The van der Waals surface area contributed by atoms with Crippen LogP contribution in [0, 0.1) is 17.1 Å². The lowest BCUT2D eigenvalue weighted by Gasteiger charge is -2.11. The predicted octanol–water partition coefficient (Wildman–Crippen LogP) is 3.40. The highest BCUT2D eigenvalue weighted by molar-refractivity contribution is 9.10. The van der Waals surface area contributed by atoms with E-state index in [4.69, 9.17) is 5.26 Å². The largest absolute Gasteiger partial charge is 0.279 e. The Balaban J connectivity index is 2.30. The number of para-hydroxylation sites is 1. The molecule has 0 heterocycles. The highest BCUT2D eigenvalue weighted by atomic mass is 79.9. The first kappa shape index (κ1) is 15.5. The lowest BCUT2D eigenvalue weighted by molar-refractivity contribution is 0.597. The molecule has 0 fully saturated rings. The lowest BCUT2D eigenvalue weighted by Crippen LogP contribution is -2.17. The van der Waals surface area contributed by atoms with Crippen molar-refractivity contribution in [2.45, 2.75) is 5.75 Å². The molecule has 2 aromatic rings. The van der Waals surface area contributed by atoms with E-state index in [0.717, 1.165) is 6.07 Å². The van der Waals surface area contributed by atoms with Gasteiger partial charge in [-0.25, -0.2) is 12.8 Å². The molecule has 0 spiro atoms. The molecular weight excluding hydrogens is 359 g/mol. The van der Waals surface area contributed by atoms with Gasteiger partial charge in [0.1, 0.15) is 5.82 Å². The van der Waals surface area contributed by atoms with Gasteiger partial charge in [-0.15, -0.1) is 0 Å². The van der Waals surface area contributed by atoms with E-state index in [1.54, 1.807) is 18.2 Å². The van der Waals surface area contributed by atoms with Crippen LogP contribution >= 0.6 is 15.9 Å². The van der Waals surface area contributed by atoms with Gasteiger partial charge in [0, 0.05) is 4.47 Å². The number of anilines is 1. The molecule has 21 heavy (non-hydrogen) atoms. The molecule has 4 nitrogen and oxygen atoms in total. The maximum atomic E-state index is 13.7. The van der Waals surface area contributed by atoms with Crippen molar-refractivity contribution < 1.29 is 12.8 Å². The number of halogens is 2. The van der Waals surface area contributed by atoms with Gasteiger partial charge >= 0.3 is 0 Å². The van der Waals surface area contributed by atoms with Crippen LogP contribution in [0.2, 0.25) is 0 Å². The number of hydrogen-bond donors (Lipinski definition) is 1. The SMILES string of the molecule is N#Cc1ccccc1CS(=O)(=O)Nc1c(F)cccc1Br. The molecule has 7 heteroatoms. The van der Waals surface area contributed by atoms with Crippen molar-refractivity contribution in [3.8, 4) is 6.07 Å². The van der Waals surface area contributed by atoms with Crippen molar-refractivity contribution >= 4 is 31.6 Å². The summed E-state index contributed by atoms with van der Waals surface area (Å²) in [7, 11) is -3.84. The fourth-order valence-electron chi connectivity index (χ4n) is 1.75. The van der Waals surface area contributed by atoms with Gasteiger partial charge in [0.15, 0.2) is 0 Å². The first-order valence-electron chi connectivity index (χ1n) is 5.85. The summed E-state index contributed by atoms with van der Waals surface area (Å²) in [6, 6.07) is 12.5. The van der Waals surface area contributed by atoms with Gasteiger partial charge in [0.05, 0.1) is 23.1 Å². The molecule has 108 valence electrons. The third-order valence-electron chi connectivity index (χ3n) is 2.70. The molecule has 0 radical (unpaired) electrons. The Labute approximate surface area is 130 Å². The van der Waals surface area contributed by atoms with Crippen LogP contribution < -0.4 is 4.72 Å². The zero-order chi connectivity index (χ0) is 15.5. The van der Waals surface area contributed by atoms with Gasteiger partial charge in [-0.1, -0.05) is 24.3 Å². The fourth-order valence-corrected chi connectivity index (χ4v) is 3.57. The van der Waals surface area contributed by atoms with Crippen molar-refractivity contribution in [1.82, 2.24) is 0 Å². The van der Waals surface area contributed by atoms with Crippen LogP contribution in [0.1, 0.15) is 11.1 Å². The van der Waals surface area contributed by atoms with Gasteiger partial charge < -0.3 is 0 Å². The van der Waals surface area contributed by atoms with E-state index in [-0.39, 0.29) is 11.3 Å². The number of nitrogens with one attached hydrogen (secondary N) is 1. The summed E-state index contributed by atoms with van der Waals surface area (Å²) in [5.41, 5.74) is 0.488. The summed E-state index contributed by atoms with van der Waals surface area (Å²) in [5.74, 6) is -1.08. The summed E-state index contributed by atoms with van der Waals surface area (Å²) >= 11 is 3.09. The summed E-state index contributed by atoms with van der Waals surface area (Å²) in [5, 5.41) is 8.96. The minimum atomic E-state index is -3.84. The van der Waals surface area contributed by atoms with Crippen LogP contribution in [0.25, 0.3) is 0 Å². The number of nitrogens with zero attached hydrogens (tertiary/aromatic N) is 1. The third kappa shape index (κ3) is 3.80. The molecule has 0 saturated carbocycles. The summed E-state index contributed by atoms with van der Waals surface area (Å²) in [4.78, 5) is 0. The van der Waals surface area contributed by atoms with Crippen molar-refractivity contribution in [2.24, 2.45) is 0 Å². The Morgan fingerprint density at radius 3 is 2.57 bits per heavy atom. The summed E-state index contributed by atoms with van der Waals surface area (Å²) in [6.45, 7) is 0. The monoisotopic (exact) mass is 368 g/mol. The first-order valence-corrected chi connectivity index (χ1v) is 8.30. The standard InChI is InChI=1S/C14H10BrFN2O2S/c15-12-6-3-7-13(16)14(12)18-21(19,20)9-11-5-2-1-4-10(11)8-17/h1-7,18H,9H2. The molecule has 0 bridgehead atoms. The van der Waals surface area contributed by atoms with E-state index in [1.807, 2.05) is 6.07 Å². The second kappa shape index (κ2) is 6.24. The van der Waals surface area contributed by atoms with Crippen LogP contribution in [0.4, 0.5) is 10.1 Å². The molecule has 0 aliphatic carbocycles. The van der Waals surface area contributed by atoms with Crippen molar-refractivity contribution in [3.05, 3.63) is 63.9 Å². The number of rotatable bonds is 4. The van der Waals surface area contributed by atoms with Gasteiger partial charge in [-0.3, -0.25) is 4.72 Å². The van der Waals surface area contributed by atoms with Gasteiger partial charge in [-0.2, -0.15) is 5.26 Å². The average Bonchev–Trinajstić information content (AvgIpc) is 2.43. The van der Waals surface area contributed by atoms with Crippen LogP contribution in [-0.4, -0.2) is 8.42 Å². The second-order valence-corrected chi connectivity index (χ2v) is 6.80. The molecule has 0 atom stereocenters. The molecule has 0 aliphatic rings. The van der Waals surface area contributed by atoms with Crippen molar-refractivity contribution in [3.63, 3.8) is 0 Å². The Kier molecular flexibility index (Phi) is 4.60. The number of nitriles is 1. The van der Waals surface area contributed by atoms with Crippen LogP contribution in [0.15, 0.2) is 46.9 Å². The van der Waals surface area contributed by atoms with E-state index in [0.29, 0.717) is 10.0 Å². The normalized spacial score (nSPS) is 10.9. The first-order chi connectivity index (χ1) is 9.93. The molecule has 2 rings (SSSR count). The molecule has 2 aromatic carbocycles. The number of sulfonamides is 1. The molecule has 0 saturated heterocycles. The molecule has 0 aromatic heterocycles. The maximum Gasteiger partial charge on any atom is 0.237 e. The Bertz CT molecular complexity index is 796. The molecule has 0 unspecified atom stereocenters. The fraction of sp³-hybridized carbons (Fsp3) is 0.0714. The Morgan fingerprint density at radius 1 is 1.19 bits per heavy atom. The topological polar surface area (TPSA) is 70.0 Å². The lowest BCUT2D eigenvalue weighted by atomic mass is 10.1. The third-order valence-corrected chi connectivity index (χ3v) is 4.57. The quantitative estimate of drug-likeness (QED) is 0.898. The second-order valence-electron chi connectivity index (χ2n) is 4.23. The predicted molar refractivity (Wildman–Crippen MR) is 81.5 cm³/mol. The van der Waals surface area contributed by atoms with Crippen LogP contribution in [-0.2, 0) is 15.8 Å². The van der Waals surface area contributed by atoms with Gasteiger partial charge in [0.2, 0.25) is 10.0 Å². The highest BCUT2D eigenvalue weighted by Crippen LogP contribution is 2.27. The van der Waals surface area contributed by atoms with Crippen LogP contribution in [0.5, 0.6) is 0 Å². The molecule has 1 N–H and O–H groups in total. The Hall–Kier alpha value is -1.91. The molecular formula is C14H10BrFN2O2S. The van der Waals surface area contributed by atoms with E-state index in [1.165, 1.54) is 18.2 Å². The van der Waals surface area contributed by atoms with E-state index in [9.17, 15) is 12.8 Å². The zero-order valence-corrected chi connectivity index (χ0v) is 13.1. The zero-order valence-electron chi connectivity index (χ0n) is 10.7. The molecule has 0 aliphatic heterocycles. The van der Waals surface area contributed by atoms with E-state index >= 15 is 0 Å². The Morgan fingerprint density at radius 2 is 1.90 bits per heavy atom. The summed E-state index contributed by atoms with van der Waals surface area (Å²) < 4.78 is 40.4. The number of benzene rings is 2. The van der Waals surface area contributed by atoms with Gasteiger partial charge in [-0.05, 0) is 39.7 Å². The van der Waals surface area contributed by atoms with Gasteiger partial charge in [0.25, 0.3) is 0 Å². The highest BCUT2D eigenvalue weighted by Gasteiger charge is 2.17. The minimum Gasteiger partial charge on any atom is -0.279 e. The summed E-state index contributed by atoms with van der Waals surface area (Å²) in [6.07, 6.45) is 0. The number of hydrogen-bond acceptors (Lipinski definition) is 3. The molecule has 0 amide bonds. The van der Waals surface area contributed by atoms with Crippen molar-refractivity contribution in [2.75, 3.05) is 4.72 Å². The van der Waals surface area contributed by atoms with Crippen molar-refractivity contribution in [1.29, 1.82) is 5.26 Å². The van der Waals surface area contributed by atoms with Crippen LogP contribution in [0.3, 0.4) is 0 Å². The van der Waals surface area contributed by atoms with E-state index in [2.05, 4.69) is 20.7 Å². The minimum absolute atomic E-state index is 0.146. The van der Waals surface area contributed by atoms with E-state index < -0.39 is 21.6 Å². The smallest absolute Gasteiger partial charge is 0.237 e.